The third-order valence-corrected chi connectivity index (χ3v) is 4.46. The molecular formula is C18H24N4O2. The minimum absolute atomic E-state index is 0.0241. The van der Waals surface area contributed by atoms with E-state index in [2.05, 4.69) is 15.5 Å². The predicted molar refractivity (Wildman–Crippen MR) is 92.3 cm³/mol. The molecule has 6 heteroatoms. The van der Waals surface area contributed by atoms with Crippen molar-refractivity contribution in [3.05, 3.63) is 29.6 Å². The molecule has 1 aliphatic carbocycles. The van der Waals surface area contributed by atoms with Crippen LogP contribution >= 0.6 is 0 Å². The third kappa shape index (κ3) is 3.33. The van der Waals surface area contributed by atoms with E-state index in [-0.39, 0.29) is 5.91 Å². The summed E-state index contributed by atoms with van der Waals surface area (Å²) in [7, 11) is 0. The fourth-order valence-electron chi connectivity index (χ4n) is 2.83. The quantitative estimate of drug-likeness (QED) is 0.877. The summed E-state index contributed by atoms with van der Waals surface area (Å²) in [6.45, 7) is 5.99. The molecule has 1 aromatic carbocycles. The van der Waals surface area contributed by atoms with Crippen molar-refractivity contribution in [2.45, 2.75) is 52.0 Å². The zero-order valence-electron chi connectivity index (χ0n) is 14.4. The van der Waals surface area contributed by atoms with E-state index in [0.717, 1.165) is 36.1 Å². The molecule has 1 aliphatic rings. The number of nitrogens with one attached hydrogen (secondary N) is 1. The Hall–Kier alpha value is -2.21. The minimum atomic E-state index is -0.429. The number of anilines is 1. The molecule has 128 valence electrons. The molecule has 0 atom stereocenters. The molecule has 1 fully saturated rings. The number of carbonyl (C=O) groups excluding carboxylic acids is 1. The van der Waals surface area contributed by atoms with Crippen molar-refractivity contribution in [2.75, 3.05) is 5.32 Å². The van der Waals surface area contributed by atoms with Crippen LogP contribution in [0, 0.1) is 12.8 Å². The van der Waals surface area contributed by atoms with Crippen LogP contribution in [0.4, 0.5) is 5.69 Å². The summed E-state index contributed by atoms with van der Waals surface area (Å²) in [5, 5.41) is 6.98. The van der Waals surface area contributed by atoms with Gasteiger partial charge in [-0.1, -0.05) is 19.0 Å². The van der Waals surface area contributed by atoms with Crippen molar-refractivity contribution in [1.29, 1.82) is 0 Å². The predicted octanol–water partition coefficient (Wildman–Crippen LogP) is 3.37. The largest absolute Gasteiger partial charge is 0.334 e. The topological polar surface area (TPSA) is 94.0 Å². The van der Waals surface area contributed by atoms with Crippen LogP contribution in [0.5, 0.6) is 0 Å². The monoisotopic (exact) mass is 328 g/mol. The van der Waals surface area contributed by atoms with E-state index in [1.807, 2.05) is 39.0 Å². The van der Waals surface area contributed by atoms with Crippen molar-refractivity contribution in [3.63, 3.8) is 0 Å². The Morgan fingerprint density at radius 1 is 1.42 bits per heavy atom. The zero-order valence-corrected chi connectivity index (χ0v) is 14.4. The normalized spacial score (nSPS) is 16.0. The fraction of sp³-hybridized carbons (Fsp3) is 0.500. The molecule has 0 radical (unpaired) electrons. The Balaban J connectivity index is 1.76. The molecule has 0 unspecified atom stereocenters. The first-order valence-corrected chi connectivity index (χ1v) is 8.41. The number of aromatic nitrogens is 2. The Labute approximate surface area is 141 Å². The van der Waals surface area contributed by atoms with Crippen molar-refractivity contribution >= 4 is 11.6 Å². The number of hydrogen-bond donors (Lipinski definition) is 2. The molecule has 1 amide bonds. The lowest BCUT2D eigenvalue weighted by Gasteiger charge is -2.34. The van der Waals surface area contributed by atoms with E-state index in [1.54, 1.807) is 0 Å². The van der Waals surface area contributed by atoms with Crippen molar-refractivity contribution in [1.82, 2.24) is 10.1 Å². The highest BCUT2D eigenvalue weighted by Gasteiger charge is 2.39. The first-order valence-electron chi connectivity index (χ1n) is 8.41. The van der Waals surface area contributed by atoms with Gasteiger partial charge in [-0.15, -0.1) is 0 Å². The lowest BCUT2D eigenvalue weighted by atomic mass is 9.77. The molecule has 0 bridgehead atoms. The van der Waals surface area contributed by atoms with Gasteiger partial charge >= 0.3 is 0 Å². The molecule has 1 heterocycles. The number of nitrogens with two attached hydrogens (primary N) is 1. The van der Waals surface area contributed by atoms with Crippen LogP contribution < -0.4 is 11.1 Å². The first kappa shape index (κ1) is 16.6. The van der Waals surface area contributed by atoms with Crippen LogP contribution in [0.15, 0.2) is 22.7 Å². The summed E-state index contributed by atoms with van der Waals surface area (Å²) < 4.78 is 5.37. The lowest BCUT2D eigenvalue weighted by Crippen LogP contribution is -2.44. The van der Waals surface area contributed by atoms with E-state index in [1.165, 1.54) is 0 Å². The fourth-order valence-corrected chi connectivity index (χ4v) is 2.83. The van der Waals surface area contributed by atoms with Gasteiger partial charge in [0.05, 0.1) is 5.54 Å². The Bertz CT molecular complexity index is 747. The Kier molecular flexibility index (Phi) is 4.41. The summed E-state index contributed by atoms with van der Waals surface area (Å²) in [6, 6.07) is 5.68. The van der Waals surface area contributed by atoms with Crippen molar-refractivity contribution < 1.29 is 9.32 Å². The van der Waals surface area contributed by atoms with Crippen LogP contribution in [-0.4, -0.2) is 16.0 Å². The van der Waals surface area contributed by atoms with Gasteiger partial charge in [0.15, 0.2) is 5.82 Å². The Morgan fingerprint density at radius 2 is 2.17 bits per heavy atom. The first-order chi connectivity index (χ1) is 11.4. The maximum Gasteiger partial charge on any atom is 0.258 e. The van der Waals surface area contributed by atoms with Crippen LogP contribution in [0.2, 0.25) is 0 Å². The van der Waals surface area contributed by atoms with Gasteiger partial charge in [-0.2, -0.15) is 4.98 Å². The van der Waals surface area contributed by atoms with Crippen molar-refractivity contribution in [2.24, 2.45) is 11.7 Å². The number of nitrogens with zero attached hydrogens (tertiary/aromatic N) is 2. The number of benzene rings is 1. The highest BCUT2D eigenvalue weighted by Crippen LogP contribution is 2.37. The molecule has 2 aromatic rings. The number of aryl methyl sites for hydroxylation is 1. The second-order valence-corrected chi connectivity index (χ2v) is 7.11. The SMILES string of the molecule is Cc1cc(-c2nc(C3(N)CCC3)no2)ccc1NC(=O)CC(C)C. The van der Waals surface area contributed by atoms with Gasteiger partial charge in [0, 0.05) is 17.7 Å². The number of rotatable bonds is 5. The zero-order chi connectivity index (χ0) is 17.3. The maximum absolute atomic E-state index is 11.9. The molecule has 6 nitrogen and oxygen atoms in total. The van der Waals surface area contributed by atoms with Crippen LogP contribution in [0.1, 0.15) is 50.9 Å². The van der Waals surface area contributed by atoms with Crippen LogP contribution in [0.25, 0.3) is 11.5 Å². The van der Waals surface area contributed by atoms with E-state index in [4.69, 9.17) is 10.3 Å². The van der Waals surface area contributed by atoms with Gasteiger partial charge in [-0.05, 0) is 55.9 Å². The number of amides is 1. The highest BCUT2D eigenvalue weighted by atomic mass is 16.5. The van der Waals surface area contributed by atoms with Crippen molar-refractivity contribution in [3.8, 4) is 11.5 Å². The summed E-state index contributed by atoms with van der Waals surface area (Å²) in [5.74, 6) is 1.40. The highest BCUT2D eigenvalue weighted by molar-refractivity contribution is 5.91. The summed E-state index contributed by atoms with van der Waals surface area (Å²) in [6.07, 6.45) is 3.40. The van der Waals surface area contributed by atoms with E-state index in [9.17, 15) is 4.79 Å². The van der Waals surface area contributed by atoms with E-state index in [0.29, 0.717) is 24.1 Å². The van der Waals surface area contributed by atoms with Gasteiger partial charge < -0.3 is 15.6 Å². The summed E-state index contributed by atoms with van der Waals surface area (Å²) in [5.41, 5.74) is 8.39. The molecule has 0 spiro atoms. The molecular weight excluding hydrogens is 304 g/mol. The van der Waals surface area contributed by atoms with Gasteiger partial charge in [-0.3, -0.25) is 4.79 Å². The molecule has 0 aliphatic heterocycles. The average molecular weight is 328 g/mol. The van der Waals surface area contributed by atoms with Crippen LogP contribution in [-0.2, 0) is 10.3 Å². The minimum Gasteiger partial charge on any atom is -0.334 e. The lowest BCUT2D eigenvalue weighted by molar-refractivity contribution is -0.116. The smallest absolute Gasteiger partial charge is 0.258 e. The number of hydrogen-bond acceptors (Lipinski definition) is 5. The molecule has 24 heavy (non-hydrogen) atoms. The van der Waals surface area contributed by atoms with Gasteiger partial charge in [0.2, 0.25) is 5.91 Å². The second-order valence-electron chi connectivity index (χ2n) is 7.11. The van der Waals surface area contributed by atoms with E-state index >= 15 is 0 Å². The molecule has 1 aromatic heterocycles. The van der Waals surface area contributed by atoms with Crippen LogP contribution in [0.3, 0.4) is 0 Å². The third-order valence-electron chi connectivity index (χ3n) is 4.46. The van der Waals surface area contributed by atoms with Gasteiger partial charge in [-0.25, -0.2) is 0 Å². The van der Waals surface area contributed by atoms with Gasteiger partial charge in [0.1, 0.15) is 0 Å². The molecule has 3 rings (SSSR count). The molecule has 3 N–H and O–H groups in total. The van der Waals surface area contributed by atoms with E-state index < -0.39 is 5.54 Å². The van der Waals surface area contributed by atoms with Gasteiger partial charge in [0.25, 0.3) is 5.89 Å². The standard InChI is InChI=1S/C18H24N4O2/c1-11(2)9-15(23)20-14-6-5-13(10-12(14)3)16-21-17(22-24-16)18(19)7-4-8-18/h5-6,10-11H,4,7-9,19H2,1-3H3,(H,20,23). The number of carbonyl (C=O) groups is 1. The summed E-state index contributed by atoms with van der Waals surface area (Å²) >= 11 is 0. The summed E-state index contributed by atoms with van der Waals surface area (Å²) in [4.78, 5) is 16.4. The maximum atomic E-state index is 11.9. The molecule has 1 saturated carbocycles. The second kappa shape index (κ2) is 6.36. The Morgan fingerprint density at radius 3 is 2.75 bits per heavy atom. The average Bonchev–Trinajstić information content (AvgIpc) is 2.96. The molecule has 0 saturated heterocycles.